The molecule has 1 saturated heterocycles. The van der Waals surface area contributed by atoms with Crippen LogP contribution < -0.4 is 10.0 Å². The smallest absolute Gasteiger partial charge is 0.261 e. The fourth-order valence-corrected chi connectivity index (χ4v) is 4.11. The molecule has 0 saturated carbocycles. The molecule has 138 valence electrons. The summed E-state index contributed by atoms with van der Waals surface area (Å²) in [4.78, 5) is 14.5. The van der Waals surface area contributed by atoms with Crippen LogP contribution in [-0.2, 0) is 10.0 Å². The molecule has 2 aromatic rings. The Morgan fingerprint density at radius 3 is 2.19 bits per heavy atom. The Labute approximate surface area is 154 Å². The minimum atomic E-state index is -3.67. The minimum absolute atomic E-state index is 0.0560. The fraction of sp³-hybridized carbons (Fsp3) is 0.316. The largest absolute Gasteiger partial charge is 0.339 e. The van der Waals surface area contributed by atoms with Gasteiger partial charge in [0.05, 0.1) is 4.90 Å². The number of nitrogens with zero attached hydrogens (tertiary/aromatic N) is 1. The second-order valence-electron chi connectivity index (χ2n) is 6.35. The van der Waals surface area contributed by atoms with Crippen molar-refractivity contribution in [2.45, 2.75) is 23.8 Å². The number of rotatable bonds is 5. The summed E-state index contributed by atoms with van der Waals surface area (Å²) in [7, 11) is -1.74. The van der Waals surface area contributed by atoms with Gasteiger partial charge >= 0.3 is 0 Å². The number of anilines is 1. The zero-order valence-corrected chi connectivity index (χ0v) is 15.5. The maximum absolute atomic E-state index is 12.6. The van der Waals surface area contributed by atoms with E-state index in [4.69, 9.17) is 0 Å². The highest BCUT2D eigenvalue weighted by Crippen LogP contribution is 2.18. The van der Waals surface area contributed by atoms with E-state index in [9.17, 15) is 13.2 Å². The minimum Gasteiger partial charge on any atom is -0.339 e. The Kier molecular flexibility index (Phi) is 5.58. The second-order valence-corrected chi connectivity index (χ2v) is 8.03. The molecule has 7 heteroatoms. The zero-order valence-electron chi connectivity index (χ0n) is 14.7. The number of para-hydroxylation sites is 1. The van der Waals surface area contributed by atoms with Gasteiger partial charge in [0.1, 0.15) is 0 Å². The number of benzene rings is 2. The lowest BCUT2D eigenvalue weighted by Crippen LogP contribution is -2.43. The van der Waals surface area contributed by atoms with Crippen LogP contribution in [0.5, 0.6) is 0 Å². The van der Waals surface area contributed by atoms with E-state index in [0.717, 1.165) is 12.8 Å². The summed E-state index contributed by atoms with van der Waals surface area (Å²) in [5.41, 5.74) is 1.01. The van der Waals surface area contributed by atoms with Gasteiger partial charge in [-0.2, -0.15) is 0 Å². The van der Waals surface area contributed by atoms with Crippen LogP contribution in [0.1, 0.15) is 23.2 Å². The first-order valence-electron chi connectivity index (χ1n) is 8.64. The fourth-order valence-electron chi connectivity index (χ4n) is 3.05. The molecule has 1 aliphatic heterocycles. The number of hydrogen-bond acceptors (Lipinski definition) is 4. The normalized spacial score (nSPS) is 15.7. The van der Waals surface area contributed by atoms with Gasteiger partial charge in [-0.15, -0.1) is 0 Å². The molecule has 1 amide bonds. The highest BCUT2D eigenvalue weighted by atomic mass is 32.2. The molecular formula is C19H23N3O3S. The van der Waals surface area contributed by atoms with Gasteiger partial charge < -0.3 is 10.2 Å². The first-order chi connectivity index (χ1) is 12.5. The predicted octanol–water partition coefficient (Wildman–Crippen LogP) is 2.31. The lowest BCUT2D eigenvalue weighted by molar-refractivity contribution is 0.0707. The maximum Gasteiger partial charge on any atom is 0.261 e. The van der Waals surface area contributed by atoms with Gasteiger partial charge in [-0.3, -0.25) is 9.52 Å². The molecule has 0 aromatic heterocycles. The number of carbonyl (C=O) groups excluding carboxylic acids is 1. The molecule has 1 aliphatic rings. The number of hydrogen-bond donors (Lipinski definition) is 2. The Morgan fingerprint density at radius 1 is 1.00 bits per heavy atom. The van der Waals surface area contributed by atoms with Crippen molar-refractivity contribution < 1.29 is 13.2 Å². The molecule has 2 N–H and O–H groups in total. The first-order valence-corrected chi connectivity index (χ1v) is 10.1. The number of piperidine rings is 1. The monoisotopic (exact) mass is 373 g/mol. The molecule has 0 spiro atoms. The number of amides is 1. The standard InChI is InChI=1S/C19H23N3O3S/c1-20-16-11-13-22(14-12-16)19(23)15-7-9-18(10-8-15)26(24,25)21-17-5-3-2-4-6-17/h2-10,16,20-21H,11-14H2,1H3. The summed E-state index contributed by atoms with van der Waals surface area (Å²) in [5, 5.41) is 3.24. The van der Waals surface area contributed by atoms with Crippen molar-refractivity contribution in [1.82, 2.24) is 10.2 Å². The maximum atomic E-state index is 12.6. The van der Waals surface area contributed by atoms with Gasteiger partial charge in [0, 0.05) is 30.4 Å². The van der Waals surface area contributed by atoms with E-state index in [0.29, 0.717) is 30.4 Å². The molecule has 0 radical (unpaired) electrons. The SMILES string of the molecule is CNC1CCN(C(=O)c2ccc(S(=O)(=O)Nc3ccccc3)cc2)CC1. The summed E-state index contributed by atoms with van der Waals surface area (Å²) in [5.74, 6) is -0.0560. The lowest BCUT2D eigenvalue weighted by atomic mass is 10.0. The van der Waals surface area contributed by atoms with E-state index in [1.165, 1.54) is 12.1 Å². The van der Waals surface area contributed by atoms with Crippen LogP contribution in [0.15, 0.2) is 59.5 Å². The molecule has 3 rings (SSSR count). The van der Waals surface area contributed by atoms with Crippen molar-refractivity contribution in [2.24, 2.45) is 0 Å². The van der Waals surface area contributed by atoms with Gasteiger partial charge in [0.2, 0.25) is 0 Å². The molecule has 0 aliphatic carbocycles. The molecule has 26 heavy (non-hydrogen) atoms. The number of sulfonamides is 1. The number of carbonyl (C=O) groups is 1. The molecule has 0 unspecified atom stereocenters. The third-order valence-electron chi connectivity index (χ3n) is 4.63. The van der Waals surface area contributed by atoms with Crippen molar-refractivity contribution in [3.8, 4) is 0 Å². The van der Waals surface area contributed by atoms with Crippen molar-refractivity contribution in [1.29, 1.82) is 0 Å². The topological polar surface area (TPSA) is 78.5 Å². The van der Waals surface area contributed by atoms with Crippen molar-refractivity contribution in [3.63, 3.8) is 0 Å². The highest BCUT2D eigenvalue weighted by molar-refractivity contribution is 7.92. The van der Waals surface area contributed by atoms with Gasteiger partial charge in [-0.25, -0.2) is 8.42 Å². The molecule has 1 heterocycles. The van der Waals surface area contributed by atoms with Crippen molar-refractivity contribution in [3.05, 3.63) is 60.2 Å². The summed E-state index contributed by atoms with van der Waals surface area (Å²) >= 11 is 0. The van der Waals surface area contributed by atoms with Crippen molar-refractivity contribution in [2.75, 3.05) is 24.9 Å². The Bertz CT molecular complexity index is 843. The van der Waals surface area contributed by atoms with E-state index >= 15 is 0 Å². The Morgan fingerprint density at radius 2 is 1.62 bits per heavy atom. The quantitative estimate of drug-likeness (QED) is 0.843. The first kappa shape index (κ1) is 18.4. The number of nitrogens with one attached hydrogen (secondary N) is 2. The third kappa shape index (κ3) is 4.23. The zero-order chi connectivity index (χ0) is 18.6. The molecule has 0 atom stereocenters. The van der Waals surface area contributed by atoms with Crippen LogP contribution in [0.2, 0.25) is 0 Å². The average Bonchev–Trinajstić information content (AvgIpc) is 2.68. The third-order valence-corrected chi connectivity index (χ3v) is 6.03. The van der Waals surface area contributed by atoms with Crippen molar-refractivity contribution >= 4 is 21.6 Å². The van der Waals surface area contributed by atoms with E-state index in [1.54, 1.807) is 36.4 Å². The molecule has 0 bridgehead atoms. The van der Waals surface area contributed by atoms with Gasteiger partial charge in [-0.1, -0.05) is 18.2 Å². The number of likely N-dealkylation sites (tertiary alicyclic amines) is 1. The van der Waals surface area contributed by atoms with E-state index < -0.39 is 10.0 Å². The van der Waals surface area contributed by atoms with Crippen LogP contribution in [0, 0.1) is 0 Å². The van der Waals surface area contributed by atoms with Crippen LogP contribution >= 0.6 is 0 Å². The van der Waals surface area contributed by atoms with Crippen LogP contribution in [-0.4, -0.2) is 45.4 Å². The molecule has 1 fully saturated rings. The van der Waals surface area contributed by atoms with Crippen LogP contribution in [0.25, 0.3) is 0 Å². The highest BCUT2D eigenvalue weighted by Gasteiger charge is 2.23. The molecular weight excluding hydrogens is 350 g/mol. The van der Waals surface area contributed by atoms with Gasteiger partial charge in [0.15, 0.2) is 0 Å². The van der Waals surface area contributed by atoms with E-state index in [-0.39, 0.29) is 10.8 Å². The average molecular weight is 373 g/mol. The summed E-state index contributed by atoms with van der Waals surface area (Å²) in [6, 6.07) is 15.3. The summed E-state index contributed by atoms with van der Waals surface area (Å²) in [6.07, 6.45) is 1.85. The van der Waals surface area contributed by atoms with Gasteiger partial charge in [0.25, 0.3) is 15.9 Å². The second kappa shape index (κ2) is 7.88. The summed E-state index contributed by atoms with van der Waals surface area (Å²) < 4.78 is 27.4. The van der Waals surface area contributed by atoms with Crippen LogP contribution in [0.4, 0.5) is 5.69 Å². The van der Waals surface area contributed by atoms with Crippen LogP contribution in [0.3, 0.4) is 0 Å². The van der Waals surface area contributed by atoms with E-state index in [1.807, 2.05) is 18.0 Å². The Balaban J connectivity index is 1.69. The Hall–Kier alpha value is -2.38. The summed E-state index contributed by atoms with van der Waals surface area (Å²) in [6.45, 7) is 1.42. The molecule has 2 aromatic carbocycles. The molecule has 6 nitrogen and oxygen atoms in total. The predicted molar refractivity (Wildman–Crippen MR) is 102 cm³/mol. The lowest BCUT2D eigenvalue weighted by Gasteiger charge is -2.31. The van der Waals surface area contributed by atoms with E-state index in [2.05, 4.69) is 10.0 Å². The van der Waals surface area contributed by atoms with Gasteiger partial charge in [-0.05, 0) is 56.3 Å².